The first kappa shape index (κ1) is 13.8. The Balaban J connectivity index is 1.77. The number of hydrogen-bond acceptors (Lipinski definition) is 5. The van der Waals surface area contributed by atoms with Crippen molar-refractivity contribution in [2.75, 3.05) is 45.7 Å². The molecule has 0 aromatic carbocycles. The van der Waals surface area contributed by atoms with Crippen molar-refractivity contribution < 1.29 is 4.74 Å². The fourth-order valence-electron chi connectivity index (χ4n) is 1.69. The van der Waals surface area contributed by atoms with E-state index in [0.29, 0.717) is 19.1 Å². The van der Waals surface area contributed by atoms with Gasteiger partial charge in [0.1, 0.15) is 0 Å². The topological polar surface area (TPSA) is 54.7 Å². The fraction of sp³-hybridized carbons (Fsp3) is 0.538. The van der Waals surface area contributed by atoms with E-state index in [-0.39, 0.29) is 0 Å². The van der Waals surface area contributed by atoms with Crippen LogP contribution < -0.4 is 5.32 Å². The van der Waals surface area contributed by atoms with Crippen LogP contribution in [0.1, 0.15) is 5.69 Å². The molecule has 104 valence electrons. The molecule has 2 heterocycles. The second-order valence-electron chi connectivity index (χ2n) is 4.72. The molecule has 0 aliphatic rings. The Kier molecular flexibility index (Phi) is 4.70. The molecule has 2 aromatic rings. The van der Waals surface area contributed by atoms with Crippen LogP contribution in [-0.2, 0) is 4.74 Å². The predicted octanol–water partition coefficient (Wildman–Crippen LogP) is 1.03. The second kappa shape index (κ2) is 6.49. The minimum atomic E-state index is 0.644. The maximum Gasteiger partial charge on any atom is 0.243 e. The summed E-state index contributed by atoms with van der Waals surface area (Å²) in [6, 6.07) is 5.93. The Morgan fingerprint density at radius 3 is 2.89 bits per heavy atom. The summed E-state index contributed by atoms with van der Waals surface area (Å²) < 4.78 is 7.33. The summed E-state index contributed by atoms with van der Waals surface area (Å²) in [5.41, 5.74) is 1.93. The lowest BCUT2D eigenvalue weighted by atomic mass is 10.4. The van der Waals surface area contributed by atoms with E-state index >= 15 is 0 Å². The highest BCUT2D eigenvalue weighted by molar-refractivity contribution is 5.44. The third-order valence-corrected chi connectivity index (χ3v) is 2.76. The summed E-state index contributed by atoms with van der Waals surface area (Å²) in [4.78, 5) is 6.49. The van der Waals surface area contributed by atoms with E-state index in [2.05, 4.69) is 20.3 Å². The van der Waals surface area contributed by atoms with Gasteiger partial charge in [0.25, 0.3) is 0 Å². The first-order valence-corrected chi connectivity index (χ1v) is 6.45. The molecule has 0 fully saturated rings. The third-order valence-electron chi connectivity index (χ3n) is 2.76. The highest BCUT2D eigenvalue weighted by Crippen LogP contribution is 2.07. The van der Waals surface area contributed by atoms with Crippen LogP contribution in [0.4, 0.5) is 5.95 Å². The summed E-state index contributed by atoms with van der Waals surface area (Å²) in [5, 5.41) is 7.56. The first-order chi connectivity index (χ1) is 9.16. The standard InChI is InChI=1S/C13H21N5O/c1-11-5-4-6-12-15-13(16-18(11)12)14-7-9-19-10-8-17(2)3/h4-6H,7-10H2,1-3H3,(H,14,16). The Hall–Kier alpha value is -1.66. The molecule has 0 spiro atoms. The van der Waals surface area contributed by atoms with Crippen molar-refractivity contribution in [3.8, 4) is 0 Å². The van der Waals surface area contributed by atoms with E-state index in [1.54, 1.807) is 0 Å². The van der Waals surface area contributed by atoms with Crippen LogP contribution >= 0.6 is 0 Å². The molecule has 1 N–H and O–H groups in total. The molecular formula is C13H21N5O. The van der Waals surface area contributed by atoms with Crippen LogP contribution in [-0.4, -0.2) is 59.9 Å². The zero-order valence-corrected chi connectivity index (χ0v) is 11.8. The monoisotopic (exact) mass is 263 g/mol. The number of hydrogen-bond donors (Lipinski definition) is 1. The quantitative estimate of drug-likeness (QED) is 0.756. The molecule has 0 saturated heterocycles. The van der Waals surface area contributed by atoms with Crippen molar-refractivity contribution >= 4 is 11.6 Å². The number of rotatable bonds is 7. The molecule has 0 aliphatic heterocycles. The molecule has 2 aromatic heterocycles. The minimum absolute atomic E-state index is 0.644. The largest absolute Gasteiger partial charge is 0.378 e. The number of anilines is 1. The normalized spacial score (nSPS) is 11.4. The van der Waals surface area contributed by atoms with E-state index in [1.807, 2.05) is 43.7 Å². The molecule has 0 atom stereocenters. The molecule has 6 heteroatoms. The first-order valence-electron chi connectivity index (χ1n) is 6.45. The number of aryl methyl sites for hydroxylation is 1. The van der Waals surface area contributed by atoms with Gasteiger partial charge in [-0.1, -0.05) is 6.07 Å². The van der Waals surface area contributed by atoms with Crippen LogP contribution in [0, 0.1) is 6.92 Å². The third kappa shape index (κ3) is 3.90. The smallest absolute Gasteiger partial charge is 0.243 e. The van der Waals surface area contributed by atoms with Gasteiger partial charge in [0.05, 0.1) is 13.2 Å². The summed E-state index contributed by atoms with van der Waals surface area (Å²) in [5.74, 6) is 0.644. The van der Waals surface area contributed by atoms with E-state index < -0.39 is 0 Å². The molecule has 2 rings (SSSR count). The van der Waals surface area contributed by atoms with Crippen molar-refractivity contribution in [2.24, 2.45) is 0 Å². The number of fused-ring (bicyclic) bond motifs is 1. The van der Waals surface area contributed by atoms with Crippen molar-refractivity contribution in [1.82, 2.24) is 19.5 Å². The lowest BCUT2D eigenvalue weighted by molar-refractivity contribution is 0.126. The van der Waals surface area contributed by atoms with Crippen LogP contribution in [0.5, 0.6) is 0 Å². The van der Waals surface area contributed by atoms with Gasteiger partial charge in [-0.05, 0) is 33.2 Å². The maximum atomic E-state index is 5.50. The summed E-state index contributed by atoms with van der Waals surface area (Å²) in [6.45, 7) is 5.06. The number of ether oxygens (including phenoxy) is 1. The van der Waals surface area contributed by atoms with Gasteiger partial charge in [0.15, 0.2) is 5.65 Å². The lowest BCUT2D eigenvalue weighted by Crippen LogP contribution is -2.20. The average Bonchev–Trinajstić information content (AvgIpc) is 2.78. The SMILES string of the molecule is Cc1cccc2nc(NCCOCCN(C)C)nn12. The Bertz CT molecular complexity index is 523. The van der Waals surface area contributed by atoms with E-state index in [1.165, 1.54) is 0 Å². The summed E-state index contributed by atoms with van der Waals surface area (Å²) in [7, 11) is 4.06. The molecular weight excluding hydrogens is 242 g/mol. The molecule has 6 nitrogen and oxygen atoms in total. The molecule has 0 aliphatic carbocycles. The lowest BCUT2D eigenvalue weighted by Gasteiger charge is -2.09. The number of nitrogens with zero attached hydrogens (tertiary/aromatic N) is 4. The van der Waals surface area contributed by atoms with Crippen LogP contribution in [0.15, 0.2) is 18.2 Å². The van der Waals surface area contributed by atoms with Crippen LogP contribution in [0.2, 0.25) is 0 Å². The van der Waals surface area contributed by atoms with Crippen molar-refractivity contribution in [1.29, 1.82) is 0 Å². The van der Waals surface area contributed by atoms with Gasteiger partial charge in [-0.3, -0.25) is 0 Å². The molecule has 0 saturated carbocycles. The number of likely N-dealkylation sites (N-methyl/N-ethyl adjacent to an activating group) is 1. The summed E-state index contributed by atoms with van der Waals surface area (Å²) in [6.07, 6.45) is 0. The van der Waals surface area contributed by atoms with Gasteiger partial charge in [-0.15, -0.1) is 5.10 Å². The van der Waals surface area contributed by atoms with E-state index in [4.69, 9.17) is 4.74 Å². The Labute approximate surface area is 113 Å². The average molecular weight is 263 g/mol. The molecule has 0 unspecified atom stereocenters. The Morgan fingerprint density at radius 1 is 1.32 bits per heavy atom. The van der Waals surface area contributed by atoms with E-state index in [0.717, 1.165) is 24.5 Å². The van der Waals surface area contributed by atoms with Crippen LogP contribution in [0.25, 0.3) is 5.65 Å². The van der Waals surface area contributed by atoms with Gasteiger partial charge in [0, 0.05) is 18.8 Å². The van der Waals surface area contributed by atoms with Gasteiger partial charge in [-0.25, -0.2) is 4.52 Å². The van der Waals surface area contributed by atoms with Crippen molar-refractivity contribution in [2.45, 2.75) is 6.92 Å². The second-order valence-corrected chi connectivity index (χ2v) is 4.72. The Morgan fingerprint density at radius 2 is 2.16 bits per heavy atom. The predicted molar refractivity (Wildman–Crippen MR) is 75.6 cm³/mol. The minimum Gasteiger partial charge on any atom is -0.378 e. The van der Waals surface area contributed by atoms with Gasteiger partial charge < -0.3 is 15.0 Å². The zero-order valence-electron chi connectivity index (χ0n) is 11.8. The number of aromatic nitrogens is 3. The molecule has 0 amide bonds. The van der Waals surface area contributed by atoms with Crippen molar-refractivity contribution in [3.63, 3.8) is 0 Å². The molecule has 19 heavy (non-hydrogen) atoms. The maximum absolute atomic E-state index is 5.50. The highest BCUT2D eigenvalue weighted by atomic mass is 16.5. The van der Waals surface area contributed by atoms with Crippen molar-refractivity contribution in [3.05, 3.63) is 23.9 Å². The number of pyridine rings is 1. The highest BCUT2D eigenvalue weighted by Gasteiger charge is 2.03. The number of nitrogens with one attached hydrogen (secondary N) is 1. The molecule has 0 radical (unpaired) electrons. The zero-order chi connectivity index (χ0) is 13.7. The van der Waals surface area contributed by atoms with Gasteiger partial charge in [0.2, 0.25) is 5.95 Å². The van der Waals surface area contributed by atoms with Crippen LogP contribution in [0.3, 0.4) is 0 Å². The van der Waals surface area contributed by atoms with E-state index in [9.17, 15) is 0 Å². The van der Waals surface area contributed by atoms with Gasteiger partial charge in [-0.2, -0.15) is 4.98 Å². The summed E-state index contributed by atoms with van der Waals surface area (Å²) >= 11 is 0. The van der Waals surface area contributed by atoms with Gasteiger partial charge >= 0.3 is 0 Å². The molecule has 0 bridgehead atoms. The fourth-order valence-corrected chi connectivity index (χ4v) is 1.69.